The number of nitrogens with one attached hydrogen (secondary N) is 2. The Hall–Kier alpha value is -3.07. The molecule has 0 spiro atoms. The lowest BCUT2D eigenvalue weighted by Gasteiger charge is -2.06. The fourth-order valence-electron chi connectivity index (χ4n) is 1.61. The molecule has 1 amide bonds. The molecule has 9 nitrogen and oxygen atoms in total. The van der Waals surface area contributed by atoms with Gasteiger partial charge in [-0.15, -0.1) is 0 Å². The van der Waals surface area contributed by atoms with Crippen LogP contribution in [0.25, 0.3) is 0 Å². The Morgan fingerprint density at radius 2 is 2.27 bits per heavy atom. The number of aliphatic hydroxyl groups is 1. The summed E-state index contributed by atoms with van der Waals surface area (Å²) >= 11 is 0. The molecule has 0 fully saturated rings. The van der Waals surface area contributed by atoms with Gasteiger partial charge in [-0.1, -0.05) is 0 Å². The number of aryl methyl sites for hydroxylation is 1. The van der Waals surface area contributed by atoms with Crippen molar-refractivity contribution in [3.8, 4) is 5.75 Å². The zero-order valence-corrected chi connectivity index (χ0v) is 11.6. The molecule has 4 N–H and O–H groups in total. The maximum absolute atomic E-state index is 11.7. The first-order valence-corrected chi connectivity index (χ1v) is 6.20. The monoisotopic (exact) mass is 303 g/mol. The summed E-state index contributed by atoms with van der Waals surface area (Å²) in [5, 5.41) is 28.5. The fraction of sp³-hybridized carbons (Fsp3) is 0.154. The standard InChI is InChI=1S/C13H13N5O4/c1-7-12(21)9(8(6-19)4-14-7)5-15-18-13(22)10-2-3-11(20)17-16-10/h2-5,19,21H,6H2,1H3,(H,17,20)(H,18,22)/b15-5-. The normalized spacial score (nSPS) is 10.8. The Bertz CT molecular complexity index is 764. The predicted molar refractivity (Wildman–Crippen MR) is 76.5 cm³/mol. The average molecular weight is 303 g/mol. The summed E-state index contributed by atoms with van der Waals surface area (Å²) in [6.45, 7) is 1.26. The van der Waals surface area contributed by atoms with Crippen LogP contribution < -0.4 is 11.0 Å². The van der Waals surface area contributed by atoms with E-state index in [2.05, 4.69) is 25.7 Å². The number of aromatic amines is 1. The van der Waals surface area contributed by atoms with Crippen LogP contribution in [-0.4, -0.2) is 37.5 Å². The van der Waals surface area contributed by atoms with E-state index in [-0.39, 0.29) is 23.6 Å². The molecule has 22 heavy (non-hydrogen) atoms. The first-order valence-electron chi connectivity index (χ1n) is 6.20. The van der Waals surface area contributed by atoms with E-state index in [9.17, 15) is 19.8 Å². The molecule has 0 bridgehead atoms. The molecule has 9 heteroatoms. The van der Waals surface area contributed by atoms with Gasteiger partial charge in [0, 0.05) is 23.4 Å². The van der Waals surface area contributed by atoms with E-state index >= 15 is 0 Å². The quantitative estimate of drug-likeness (QED) is 0.440. The molecule has 0 saturated heterocycles. The van der Waals surface area contributed by atoms with Crippen LogP contribution in [0.1, 0.15) is 27.3 Å². The summed E-state index contributed by atoms with van der Waals surface area (Å²) in [6, 6.07) is 2.41. The van der Waals surface area contributed by atoms with Crippen molar-refractivity contribution in [2.45, 2.75) is 13.5 Å². The van der Waals surface area contributed by atoms with Crippen molar-refractivity contribution < 1.29 is 15.0 Å². The lowest BCUT2D eigenvalue weighted by atomic mass is 10.1. The van der Waals surface area contributed by atoms with Crippen molar-refractivity contribution in [2.24, 2.45) is 5.10 Å². The molecule has 0 unspecified atom stereocenters. The van der Waals surface area contributed by atoms with Gasteiger partial charge in [0.25, 0.3) is 11.5 Å². The summed E-state index contributed by atoms with van der Waals surface area (Å²) in [7, 11) is 0. The first-order chi connectivity index (χ1) is 10.5. The molecule has 0 aliphatic rings. The molecular weight excluding hydrogens is 290 g/mol. The van der Waals surface area contributed by atoms with Gasteiger partial charge < -0.3 is 10.2 Å². The Balaban J connectivity index is 2.16. The molecular formula is C13H13N5O4. The second-order valence-corrected chi connectivity index (χ2v) is 4.29. The Morgan fingerprint density at radius 1 is 1.50 bits per heavy atom. The van der Waals surface area contributed by atoms with E-state index in [1.54, 1.807) is 6.92 Å². The molecule has 0 radical (unpaired) electrons. The smallest absolute Gasteiger partial charge is 0.291 e. The molecule has 2 heterocycles. The number of carbonyl (C=O) groups excluding carboxylic acids is 1. The van der Waals surface area contributed by atoms with E-state index in [1.807, 2.05) is 0 Å². The van der Waals surface area contributed by atoms with E-state index in [0.717, 1.165) is 6.07 Å². The molecule has 0 aliphatic carbocycles. The number of aromatic hydroxyl groups is 1. The molecule has 0 aromatic carbocycles. The number of nitrogens with zero attached hydrogens (tertiary/aromatic N) is 3. The summed E-state index contributed by atoms with van der Waals surface area (Å²) in [5.41, 5.74) is 2.74. The number of rotatable bonds is 4. The number of hydrazone groups is 1. The third-order valence-corrected chi connectivity index (χ3v) is 2.80. The van der Waals surface area contributed by atoms with Crippen LogP contribution in [0.5, 0.6) is 5.75 Å². The highest BCUT2D eigenvalue weighted by Gasteiger charge is 2.10. The number of aromatic nitrogens is 3. The zero-order chi connectivity index (χ0) is 16.1. The summed E-state index contributed by atoms with van der Waals surface area (Å²) in [5.74, 6) is -0.768. The molecule has 0 saturated carbocycles. The lowest BCUT2D eigenvalue weighted by molar-refractivity contribution is 0.0949. The van der Waals surface area contributed by atoms with Gasteiger partial charge in [-0.3, -0.25) is 14.6 Å². The zero-order valence-electron chi connectivity index (χ0n) is 11.6. The number of pyridine rings is 1. The third kappa shape index (κ3) is 3.33. The van der Waals surface area contributed by atoms with Crippen molar-refractivity contribution >= 4 is 12.1 Å². The number of H-pyrrole nitrogens is 1. The van der Waals surface area contributed by atoms with Crippen LogP contribution >= 0.6 is 0 Å². The van der Waals surface area contributed by atoms with Crippen LogP contribution in [0.15, 0.2) is 28.2 Å². The molecule has 2 aromatic heterocycles. The van der Waals surface area contributed by atoms with Crippen molar-refractivity contribution in [1.29, 1.82) is 0 Å². The largest absolute Gasteiger partial charge is 0.505 e. The minimum Gasteiger partial charge on any atom is -0.505 e. The minimum atomic E-state index is -0.636. The van der Waals surface area contributed by atoms with Crippen molar-refractivity contribution in [2.75, 3.05) is 0 Å². The number of amides is 1. The van der Waals surface area contributed by atoms with Crippen molar-refractivity contribution in [3.05, 3.63) is 51.2 Å². The van der Waals surface area contributed by atoms with Crippen LogP contribution in [0.4, 0.5) is 0 Å². The highest BCUT2D eigenvalue weighted by molar-refractivity contribution is 5.93. The second-order valence-electron chi connectivity index (χ2n) is 4.29. The lowest BCUT2D eigenvalue weighted by Crippen LogP contribution is -2.21. The van der Waals surface area contributed by atoms with Gasteiger partial charge in [0.15, 0.2) is 5.69 Å². The van der Waals surface area contributed by atoms with Gasteiger partial charge in [-0.05, 0) is 13.0 Å². The molecule has 0 atom stereocenters. The van der Waals surface area contributed by atoms with Gasteiger partial charge in [0.1, 0.15) is 5.75 Å². The second kappa shape index (κ2) is 6.59. The molecule has 2 aromatic rings. The number of hydrogen-bond acceptors (Lipinski definition) is 7. The highest BCUT2D eigenvalue weighted by atomic mass is 16.3. The minimum absolute atomic E-state index is 0.0192. The van der Waals surface area contributed by atoms with Gasteiger partial charge in [0.2, 0.25) is 0 Å². The SMILES string of the molecule is Cc1ncc(CO)c(/C=N\NC(=O)c2ccc(=O)[nH]n2)c1O. The Labute approximate surface area is 124 Å². The first kappa shape index (κ1) is 15.3. The van der Waals surface area contributed by atoms with Gasteiger partial charge >= 0.3 is 0 Å². The third-order valence-electron chi connectivity index (χ3n) is 2.80. The summed E-state index contributed by atoms with van der Waals surface area (Å²) in [6.07, 6.45) is 2.60. The Morgan fingerprint density at radius 3 is 2.91 bits per heavy atom. The Kier molecular flexibility index (Phi) is 4.59. The number of hydrogen-bond donors (Lipinski definition) is 4. The highest BCUT2D eigenvalue weighted by Crippen LogP contribution is 2.21. The van der Waals surface area contributed by atoms with E-state index < -0.39 is 11.5 Å². The van der Waals surface area contributed by atoms with Crippen molar-refractivity contribution in [1.82, 2.24) is 20.6 Å². The van der Waals surface area contributed by atoms with Crippen LogP contribution in [0.2, 0.25) is 0 Å². The van der Waals surface area contributed by atoms with Crippen LogP contribution in [0.3, 0.4) is 0 Å². The number of carbonyl (C=O) groups is 1. The van der Waals surface area contributed by atoms with E-state index in [0.29, 0.717) is 11.3 Å². The van der Waals surface area contributed by atoms with E-state index in [1.165, 1.54) is 18.5 Å². The number of aliphatic hydroxyl groups excluding tert-OH is 1. The van der Waals surface area contributed by atoms with Gasteiger partial charge in [0.05, 0.1) is 18.5 Å². The molecule has 0 aliphatic heterocycles. The topological polar surface area (TPSA) is 141 Å². The van der Waals surface area contributed by atoms with E-state index in [4.69, 9.17) is 0 Å². The summed E-state index contributed by atoms with van der Waals surface area (Å²) in [4.78, 5) is 26.5. The van der Waals surface area contributed by atoms with Gasteiger partial charge in [-0.25, -0.2) is 10.5 Å². The molecule has 2 rings (SSSR count). The fourth-order valence-corrected chi connectivity index (χ4v) is 1.61. The van der Waals surface area contributed by atoms with Gasteiger partial charge in [-0.2, -0.15) is 10.2 Å². The van der Waals surface area contributed by atoms with Crippen LogP contribution in [0, 0.1) is 6.92 Å². The average Bonchev–Trinajstić information content (AvgIpc) is 2.52. The maximum Gasteiger partial charge on any atom is 0.291 e. The maximum atomic E-state index is 11.7. The van der Waals surface area contributed by atoms with Crippen molar-refractivity contribution in [3.63, 3.8) is 0 Å². The predicted octanol–water partition coefficient (Wildman–Crippen LogP) is -0.565. The molecule has 114 valence electrons. The summed E-state index contributed by atoms with van der Waals surface area (Å²) < 4.78 is 0. The van der Waals surface area contributed by atoms with Crippen LogP contribution in [-0.2, 0) is 6.61 Å².